The molecular formula is C21H24N4O4. The molecule has 1 heterocycles. The molecule has 3 aromatic rings. The number of benzene rings is 2. The number of anilines is 2. The normalized spacial score (nSPS) is 10.3. The number of carbonyl (C=O) groups is 1. The van der Waals surface area contributed by atoms with E-state index in [0.29, 0.717) is 28.5 Å². The van der Waals surface area contributed by atoms with Gasteiger partial charge in [-0.25, -0.2) is 4.68 Å². The Morgan fingerprint density at radius 2 is 1.76 bits per heavy atom. The lowest BCUT2D eigenvalue weighted by Crippen LogP contribution is -2.13. The van der Waals surface area contributed by atoms with Crippen molar-refractivity contribution in [3.05, 3.63) is 54.4 Å². The standard InChI is InChI=1S/C21H24N4O4/c1-5-22-16-12-23-25(13-16)17-8-6-7-14(9-17)21(26)24-15-10-18(27-2)20(29-4)19(11-15)28-3/h6-13,22H,5H2,1-4H3,(H,24,26). The first-order valence-electron chi connectivity index (χ1n) is 9.10. The second-order valence-corrected chi connectivity index (χ2v) is 6.12. The average Bonchev–Trinajstić information content (AvgIpc) is 3.22. The Morgan fingerprint density at radius 3 is 2.38 bits per heavy atom. The summed E-state index contributed by atoms with van der Waals surface area (Å²) in [6, 6.07) is 10.6. The third-order valence-corrected chi connectivity index (χ3v) is 4.26. The van der Waals surface area contributed by atoms with Gasteiger partial charge >= 0.3 is 0 Å². The molecule has 8 nitrogen and oxygen atoms in total. The van der Waals surface area contributed by atoms with Gasteiger partial charge in [-0.15, -0.1) is 0 Å². The van der Waals surface area contributed by atoms with E-state index in [0.717, 1.165) is 17.9 Å². The van der Waals surface area contributed by atoms with E-state index in [1.807, 2.05) is 25.3 Å². The third kappa shape index (κ3) is 4.43. The van der Waals surface area contributed by atoms with E-state index in [1.165, 1.54) is 21.3 Å². The Bertz CT molecular complexity index is 975. The maximum Gasteiger partial charge on any atom is 0.255 e. The summed E-state index contributed by atoms with van der Waals surface area (Å²) in [5, 5.41) is 10.4. The number of hydrogen-bond acceptors (Lipinski definition) is 6. The number of amides is 1. The number of nitrogens with zero attached hydrogens (tertiary/aromatic N) is 2. The highest BCUT2D eigenvalue weighted by Gasteiger charge is 2.15. The molecule has 2 N–H and O–H groups in total. The topological polar surface area (TPSA) is 86.6 Å². The predicted molar refractivity (Wildman–Crippen MR) is 112 cm³/mol. The van der Waals surface area contributed by atoms with E-state index < -0.39 is 0 Å². The number of methoxy groups -OCH3 is 3. The van der Waals surface area contributed by atoms with Crippen LogP contribution in [0.2, 0.25) is 0 Å². The number of nitrogens with one attached hydrogen (secondary N) is 2. The van der Waals surface area contributed by atoms with Crippen molar-refractivity contribution in [2.24, 2.45) is 0 Å². The minimum absolute atomic E-state index is 0.264. The lowest BCUT2D eigenvalue weighted by molar-refractivity contribution is 0.102. The maximum atomic E-state index is 12.8. The Labute approximate surface area is 169 Å². The number of aromatic nitrogens is 2. The van der Waals surface area contributed by atoms with Crippen molar-refractivity contribution >= 4 is 17.3 Å². The van der Waals surface area contributed by atoms with E-state index in [4.69, 9.17) is 14.2 Å². The van der Waals surface area contributed by atoms with Gasteiger partial charge in [0, 0.05) is 29.9 Å². The summed E-state index contributed by atoms with van der Waals surface area (Å²) in [4.78, 5) is 12.8. The molecule has 0 fully saturated rings. The van der Waals surface area contributed by atoms with Gasteiger partial charge < -0.3 is 24.8 Å². The maximum absolute atomic E-state index is 12.8. The molecular weight excluding hydrogens is 372 g/mol. The van der Waals surface area contributed by atoms with Crippen LogP contribution in [0.25, 0.3) is 5.69 Å². The van der Waals surface area contributed by atoms with Gasteiger partial charge in [-0.2, -0.15) is 5.10 Å². The van der Waals surface area contributed by atoms with Crippen LogP contribution in [0.15, 0.2) is 48.8 Å². The molecule has 0 aliphatic rings. The van der Waals surface area contributed by atoms with Gasteiger partial charge in [0.25, 0.3) is 5.91 Å². The molecule has 2 aromatic carbocycles. The molecule has 0 radical (unpaired) electrons. The fraction of sp³-hybridized carbons (Fsp3) is 0.238. The number of ether oxygens (including phenoxy) is 3. The van der Waals surface area contributed by atoms with Crippen LogP contribution in [0.5, 0.6) is 17.2 Å². The number of rotatable bonds is 8. The van der Waals surface area contributed by atoms with Crippen LogP contribution >= 0.6 is 0 Å². The van der Waals surface area contributed by atoms with Crippen LogP contribution in [0.3, 0.4) is 0 Å². The SMILES string of the molecule is CCNc1cnn(-c2cccc(C(=O)Nc3cc(OC)c(OC)c(OC)c3)c2)c1. The molecule has 29 heavy (non-hydrogen) atoms. The first-order valence-corrected chi connectivity index (χ1v) is 9.10. The molecule has 1 amide bonds. The summed E-state index contributed by atoms with van der Waals surface area (Å²) in [5.41, 5.74) is 2.73. The average molecular weight is 396 g/mol. The quantitative estimate of drug-likeness (QED) is 0.605. The molecule has 152 valence electrons. The second kappa shape index (κ2) is 9.01. The Kier molecular flexibility index (Phi) is 6.23. The van der Waals surface area contributed by atoms with Crippen molar-refractivity contribution in [2.75, 3.05) is 38.5 Å². The monoisotopic (exact) mass is 396 g/mol. The predicted octanol–water partition coefficient (Wildman–Crippen LogP) is 3.58. The van der Waals surface area contributed by atoms with Crippen molar-refractivity contribution < 1.29 is 19.0 Å². The number of hydrogen-bond donors (Lipinski definition) is 2. The second-order valence-electron chi connectivity index (χ2n) is 6.12. The summed E-state index contributed by atoms with van der Waals surface area (Å²) in [6.45, 7) is 2.83. The molecule has 0 aliphatic carbocycles. The minimum atomic E-state index is -0.264. The largest absolute Gasteiger partial charge is 0.493 e. The zero-order valence-electron chi connectivity index (χ0n) is 16.9. The first-order chi connectivity index (χ1) is 14.1. The van der Waals surface area contributed by atoms with Crippen molar-refractivity contribution in [3.63, 3.8) is 0 Å². The van der Waals surface area contributed by atoms with E-state index in [-0.39, 0.29) is 5.91 Å². The fourth-order valence-corrected chi connectivity index (χ4v) is 2.91. The molecule has 0 saturated heterocycles. The van der Waals surface area contributed by atoms with Crippen LogP contribution in [-0.2, 0) is 0 Å². The van der Waals surface area contributed by atoms with Gasteiger partial charge in [0.1, 0.15) is 0 Å². The summed E-state index contributed by atoms with van der Waals surface area (Å²) >= 11 is 0. The van der Waals surface area contributed by atoms with E-state index in [9.17, 15) is 4.79 Å². The summed E-state index contributed by atoms with van der Waals surface area (Å²) in [6.07, 6.45) is 3.62. The first kappa shape index (κ1) is 20.1. The minimum Gasteiger partial charge on any atom is -0.493 e. The lowest BCUT2D eigenvalue weighted by Gasteiger charge is -2.14. The summed E-state index contributed by atoms with van der Waals surface area (Å²) < 4.78 is 17.7. The highest BCUT2D eigenvalue weighted by Crippen LogP contribution is 2.40. The summed E-state index contributed by atoms with van der Waals surface area (Å²) in [7, 11) is 4.58. The van der Waals surface area contributed by atoms with Gasteiger partial charge in [0.05, 0.1) is 45.1 Å². The van der Waals surface area contributed by atoms with Crippen LogP contribution in [-0.4, -0.2) is 43.6 Å². The molecule has 1 aromatic heterocycles. The summed E-state index contributed by atoms with van der Waals surface area (Å²) in [5.74, 6) is 1.12. The molecule has 0 aliphatic heterocycles. The molecule has 0 bridgehead atoms. The molecule has 0 spiro atoms. The van der Waals surface area contributed by atoms with Gasteiger partial charge in [0.2, 0.25) is 5.75 Å². The van der Waals surface area contributed by atoms with E-state index in [1.54, 1.807) is 35.1 Å². The van der Waals surface area contributed by atoms with Gasteiger partial charge in [-0.3, -0.25) is 4.79 Å². The van der Waals surface area contributed by atoms with Crippen LogP contribution < -0.4 is 24.8 Å². The van der Waals surface area contributed by atoms with E-state index in [2.05, 4.69) is 15.7 Å². The van der Waals surface area contributed by atoms with Gasteiger partial charge in [0.15, 0.2) is 11.5 Å². The van der Waals surface area contributed by atoms with Crippen molar-refractivity contribution in [1.29, 1.82) is 0 Å². The van der Waals surface area contributed by atoms with Crippen LogP contribution in [0.4, 0.5) is 11.4 Å². The molecule has 0 atom stereocenters. The highest BCUT2D eigenvalue weighted by molar-refractivity contribution is 6.04. The Morgan fingerprint density at radius 1 is 1.03 bits per heavy atom. The van der Waals surface area contributed by atoms with Gasteiger partial charge in [-0.1, -0.05) is 6.07 Å². The zero-order valence-corrected chi connectivity index (χ0v) is 16.9. The molecule has 8 heteroatoms. The number of carbonyl (C=O) groups excluding carboxylic acids is 1. The molecule has 0 unspecified atom stereocenters. The van der Waals surface area contributed by atoms with E-state index >= 15 is 0 Å². The Balaban J connectivity index is 1.84. The molecule has 0 saturated carbocycles. The van der Waals surface area contributed by atoms with Crippen LogP contribution in [0.1, 0.15) is 17.3 Å². The zero-order chi connectivity index (χ0) is 20.8. The lowest BCUT2D eigenvalue weighted by atomic mass is 10.1. The van der Waals surface area contributed by atoms with Crippen molar-refractivity contribution in [1.82, 2.24) is 9.78 Å². The van der Waals surface area contributed by atoms with Crippen LogP contribution in [0, 0.1) is 0 Å². The molecule has 3 rings (SSSR count). The highest BCUT2D eigenvalue weighted by atomic mass is 16.5. The fourth-order valence-electron chi connectivity index (χ4n) is 2.91. The van der Waals surface area contributed by atoms with Gasteiger partial charge in [-0.05, 0) is 25.1 Å². The Hall–Kier alpha value is -3.68. The smallest absolute Gasteiger partial charge is 0.255 e. The third-order valence-electron chi connectivity index (χ3n) is 4.26. The van der Waals surface area contributed by atoms with Crippen molar-refractivity contribution in [3.8, 4) is 22.9 Å². The van der Waals surface area contributed by atoms with Crippen molar-refractivity contribution in [2.45, 2.75) is 6.92 Å².